The molecule has 2 heteroatoms. The minimum atomic E-state index is -0.0920. The molecule has 0 N–H and O–H groups in total. The molecule has 67 heavy (non-hydrogen) atoms. The van der Waals surface area contributed by atoms with Gasteiger partial charge in [0.1, 0.15) is 0 Å². The predicted octanol–water partition coefficient (Wildman–Crippen LogP) is 17.9. The van der Waals surface area contributed by atoms with Gasteiger partial charge in [0.15, 0.2) is 0 Å². The van der Waals surface area contributed by atoms with Gasteiger partial charge in [0, 0.05) is 45.0 Å². The largest absolute Gasteiger partial charge is 0.311 e. The van der Waals surface area contributed by atoms with Gasteiger partial charge in [-0.05, 0) is 204 Å². The van der Waals surface area contributed by atoms with E-state index in [0.717, 1.165) is 30.6 Å². The predicted molar refractivity (Wildman–Crippen MR) is 282 cm³/mol. The summed E-state index contributed by atoms with van der Waals surface area (Å²) in [6.45, 7) is 12.1. The summed E-state index contributed by atoms with van der Waals surface area (Å²) in [5.74, 6) is 3.45. The minimum Gasteiger partial charge on any atom is -0.311 e. The average Bonchev–Trinajstić information content (AvgIpc) is 3.57. The summed E-state index contributed by atoms with van der Waals surface area (Å²) < 4.78 is 0. The molecule has 6 aliphatic rings. The van der Waals surface area contributed by atoms with E-state index in [1.807, 2.05) is 0 Å². The van der Waals surface area contributed by atoms with Crippen LogP contribution in [0.3, 0.4) is 0 Å². The smallest absolute Gasteiger partial charge is 0.0465 e. The van der Waals surface area contributed by atoms with Crippen molar-refractivity contribution in [2.24, 2.45) is 29.1 Å². The molecule has 2 atom stereocenters. The van der Waals surface area contributed by atoms with Crippen molar-refractivity contribution in [2.75, 3.05) is 9.80 Å². The van der Waals surface area contributed by atoms with Crippen molar-refractivity contribution in [1.29, 1.82) is 0 Å². The normalized spacial score (nSPS) is 25.6. The molecule has 7 aromatic carbocycles. The van der Waals surface area contributed by atoms with Gasteiger partial charge in [-0.1, -0.05) is 144 Å². The number of para-hydroxylation sites is 2. The van der Waals surface area contributed by atoms with Crippen molar-refractivity contribution in [3.05, 3.63) is 204 Å². The zero-order valence-electron chi connectivity index (χ0n) is 40.5. The van der Waals surface area contributed by atoms with Crippen molar-refractivity contribution in [3.8, 4) is 11.1 Å². The van der Waals surface area contributed by atoms with E-state index < -0.39 is 0 Å². The minimum absolute atomic E-state index is 0.0723. The summed E-state index contributed by atoms with van der Waals surface area (Å²) in [5.41, 5.74) is 17.6. The van der Waals surface area contributed by atoms with Gasteiger partial charge in [0.2, 0.25) is 0 Å². The molecule has 0 spiro atoms. The summed E-state index contributed by atoms with van der Waals surface area (Å²) in [7, 11) is 0. The lowest BCUT2D eigenvalue weighted by Crippen LogP contribution is -2.48. The first kappa shape index (κ1) is 42.5. The molecule has 13 rings (SSSR count). The van der Waals surface area contributed by atoms with Crippen LogP contribution in [0.1, 0.15) is 127 Å². The van der Waals surface area contributed by atoms with Crippen LogP contribution >= 0.6 is 0 Å². The van der Waals surface area contributed by atoms with E-state index in [-0.39, 0.29) is 16.2 Å². The Morgan fingerprint density at radius 1 is 0.433 bits per heavy atom. The number of benzene rings is 7. The highest BCUT2D eigenvalue weighted by molar-refractivity contribution is 5.85. The average molecular weight is 877 g/mol. The molecule has 4 bridgehead atoms. The second kappa shape index (κ2) is 16.1. The monoisotopic (exact) mass is 877 g/mol. The summed E-state index contributed by atoms with van der Waals surface area (Å²) in [6, 6.07) is 67.4. The molecule has 2 unspecified atom stereocenters. The van der Waals surface area contributed by atoms with Crippen molar-refractivity contribution < 1.29 is 0 Å². The molecular weight excluding hydrogens is 809 g/mol. The van der Waals surface area contributed by atoms with E-state index in [9.17, 15) is 0 Å². The summed E-state index contributed by atoms with van der Waals surface area (Å²) >= 11 is 0. The maximum atomic E-state index is 2.50. The van der Waals surface area contributed by atoms with Crippen LogP contribution in [0.4, 0.5) is 34.1 Å². The van der Waals surface area contributed by atoms with Crippen LogP contribution in [0.25, 0.3) is 11.1 Å². The van der Waals surface area contributed by atoms with E-state index in [2.05, 4.69) is 220 Å². The molecule has 0 aliphatic heterocycles. The molecule has 7 aromatic rings. The van der Waals surface area contributed by atoms with Crippen LogP contribution in [0.5, 0.6) is 0 Å². The van der Waals surface area contributed by atoms with Gasteiger partial charge in [-0.25, -0.2) is 0 Å². The van der Waals surface area contributed by atoms with Gasteiger partial charge >= 0.3 is 0 Å². The first-order valence-electron chi connectivity index (χ1n) is 25.7. The van der Waals surface area contributed by atoms with E-state index in [1.165, 1.54) is 119 Å². The zero-order chi connectivity index (χ0) is 45.5. The molecule has 338 valence electrons. The Bertz CT molecular complexity index is 2850. The van der Waals surface area contributed by atoms with Gasteiger partial charge in [-0.2, -0.15) is 0 Å². The third-order valence-corrected chi connectivity index (χ3v) is 18.0. The highest BCUT2D eigenvalue weighted by Gasteiger charge is 2.51. The number of nitrogens with zero attached hydrogens (tertiary/aromatic N) is 2. The summed E-state index contributed by atoms with van der Waals surface area (Å²) in [4.78, 5) is 4.93. The van der Waals surface area contributed by atoms with Crippen LogP contribution < -0.4 is 9.80 Å². The number of hydrogen-bond acceptors (Lipinski definition) is 2. The third kappa shape index (κ3) is 7.28. The molecule has 0 saturated heterocycles. The van der Waals surface area contributed by atoms with Crippen LogP contribution in [-0.2, 0) is 16.2 Å². The number of anilines is 6. The fourth-order valence-corrected chi connectivity index (χ4v) is 14.9. The third-order valence-electron chi connectivity index (χ3n) is 18.0. The molecule has 0 aromatic heterocycles. The molecule has 0 radical (unpaired) electrons. The van der Waals surface area contributed by atoms with Crippen molar-refractivity contribution in [2.45, 2.75) is 115 Å². The number of rotatable bonds is 9. The lowest BCUT2D eigenvalue weighted by atomic mass is 9.48. The SMILES string of the molecule is CC1(C)c2ccccc2-c2ccc(N(c3ccccc3)c3ccc(C4(c5ccc(N(c6ccccc6)c6ccc(C78CC9CC(CC(C9)C7)C8)cc6)cc5)CCCC(C(C)(C)C)C4)cc3)cc21. The number of fused-ring (bicyclic) bond motifs is 3. The standard InChI is InChI=1S/C65H68N2/c1-62(2,3)51-15-14-36-65(44-51,50-26-32-56(33-27-50)67(53-18-10-7-11-19-53)57-34-35-59-58-20-12-13-21-60(58)63(4,5)61(59)40-57)49-24-30-55(31-25-49)66(52-16-8-6-9-17-52)54-28-22-48(23-29-54)64-41-45-37-46(42-64)39-47(38-45)43-64/h6-13,16-35,40,45-47,51H,14-15,36-39,41-44H2,1-5H3. The van der Waals surface area contributed by atoms with Gasteiger partial charge in [0.25, 0.3) is 0 Å². The Balaban J connectivity index is 0.901. The lowest BCUT2D eigenvalue weighted by Gasteiger charge is -2.57. The van der Waals surface area contributed by atoms with Crippen molar-refractivity contribution in [3.63, 3.8) is 0 Å². The van der Waals surface area contributed by atoms with Gasteiger partial charge < -0.3 is 9.80 Å². The molecule has 5 saturated carbocycles. The Kier molecular flexibility index (Phi) is 10.2. The first-order valence-corrected chi connectivity index (χ1v) is 25.7. The maximum Gasteiger partial charge on any atom is 0.0465 e. The van der Waals surface area contributed by atoms with Crippen LogP contribution in [-0.4, -0.2) is 0 Å². The Hall–Kier alpha value is -5.86. The van der Waals surface area contributed by atoms with Crippen LogP contribution in [0, 0.1) is 29.1 Å². The molecule has 5 fully saturated rings. The van der Waals surface area contributed by atoms with Gasteiger partial charge in [-0.3, -0.25) is 0 Å². The first-order chi connectivity index (χ1) is 32.5. The van der Waals surface area contributed by atoms with Crippen LogP contribution in [0.15, 0.2) is 176 Å². The second-order valence-corrected chi connectivity index (χ2v) is 23.3. The quantitative estimate of drug-likeness (QED) is 0.143. The van der Waals surface area contributed by atoms with Crippen molar-refractivity contribution >= 4 is 34.1 Å². The van der Waals surface area contributed by atoms with E-state index in [1.54, 1.807) is 5.56 Å². The Morgan fingerprint density at radius 3 is 1.39 bits per heavy atom. The van der Waals surface area contributed by atoms with Crippen LogP contribution in [0.2, 0.25) is 0 Å². The fourth-order valence-electron chi connectivity index (χ4n) is 14.9. The second-order valence-electron chi connectivity index (χ2n) is 23.3. The highest BCUT2D eigenvalue weighted by atomic mass is 15.1. The fraction of sp³-hybridized carbons (Fsp3) is 0.354. The number of hydrogen-bond donors (Lipinski definition) is 0. The molecule has 0 heterocycles. The molecule has 2 nitrogen and oxygen atoms in total. The van der Waals surface area contributed by atoms with Crippen molar-refractivity contribution in [1.82, 2.24) is 0 Å². The summed E-state index contributed by atoms with van der Waals surface area (Å²) in [5, 5.41) is 0. The maximum absolute atomic E-state index is 2.50. The summed E-state index contributed by atoms with van der Waals surface area (Å²) in [6.07, 6.45) is 13.4. The molecule has 6 aliphatic carbocycles. The van der Waals surface area contributed by atoms with Gasteiger partial charge in [-0.15, -0.1) is 0 Å². The lowest BCUT2D eigenvalue weighted by molar-refractivity contribution is -0.00518. The topological polar surface area (TPSA) is 6.48 Å². The molecular formula is C65H68N2. The molecule has 0 amide bonds. The van der Waals surface area contributed by atoms with E-state index >= 15 is 0 Å². The van der Waals surface area contributed by atoms with E-state index in [0.29, 0.717) is 11.3 Å². The van der Waals surface area contributed by atoms with E-state index in [4.69, 9.17) is 0 Å². The highest BCUT2D eigenvalue weighted by Crippen LogP contribution is 2.61. The Morgan fingerprint density at radius 2 is 0.866 bits per heavy atom. The zero-order valence-corrected chi connectivity index (χ0v) is 40.5. The van der Waals surface area contributed by atoms with Gasteiger partial charge in [0.05, 0.1) is 0 Å². The Labute approximate surface area is 401 Å².